The number of hydrogen-bond donors (Lipinski definition) is 0. The summed E-state index contributed by atoms with van der Waals surface area (Å²) in [6, 6.07) is 15.0. The van der Waals surface area contributed by atoms with Crippen LogP contribution in [0.2, 0.25) is 0 Å². The minimum atomic E-state index is -3.44. The van der Waals surface area contributed by atoms with Crippen LogP contribution in [-0.4, -0.2) is 60.8 Å². The van der Waals surface area contributed by atoms with Crippen LogP contribution < -0.4 is 0 Å². The van der Waals surface area contributed by atoms with Gasteiger partial charge in [-0.05, 0) is 42.7 Å². The maximum Gasteiger partial charge on any atom is 0.247 e. The molecule has 0 aliphatic heterocycles. The molecule has 0 aliphatic rings. The van der Waals surface area contributed by atoms with Gasteiger partial charge in [-0.2, -0.15) is 0 Å². The van der Waals surface area contributed by atoms with Crippen LogP contribution in [-0.2, 0) is 9.84 Å². The van der Waals surface area contributed by atoms with Gasteiger partial charge in [0.25, 0.3) is 0 Å². The van der Waals surface area contributed by atoms with Crippen molar-refractivity contribution in [3.05, 3.63) is 85.7 Å². The molecule has 0 unspecified atom stereocenters. The van der Waals surface area contributed by atoms with Crippen LogP contribution in [0.25, 0.3) is 44.6 Å². The van der Waals surface area contributed by atoms with Crippen LogP contribution in [0.4, 0.5) is 0 Å². The first-order valence-corrected chi connectivity index (χ1v) is 14.3. The van der Waals surface area contributed by atoms with Gasteiger partial charge in [-0.3, -0.25) is 19.9 Å². The molecule has 0 saturated carbocycles. The molecule has 0 amide bonds. The van der Waals surface area contributed by atoms with E-state index in [1.54, 1.807) is 37.1 Å². The first-order valence-electron chi connectivity index (χ1n) is 11.2. The Bertz CT molecular complexity index is 1870. The summed E-state index contributed by atoms with van der Waals surface area (Å²) in [6.45, 7) is 0. The summed E-state index contributed by atoms with van der Waals surface area (Å²) in [7, 11) is -3.44. The normalized spacial score (nSPS) is 11.2. The highest BCUT2D eigenvalue weighted by molar-refractivity contribution is 7.98. The highest BCUT2D eigenvalue weighted by Crippen LogP contribution is 2.21. The molecule has 0 aromatic carbocycles. The molecule has 0 spiro atoms. The van der Waals surface area contributed by atoms with Crippen LogP contribution in [0.1, 0.15) is 0 Å². The predicted octanol–water partition coefficient (Wildman–Crippen LogP) is 4.30. The van der Waals surface area contributed by atoms with Gasteiger partial charge in [-0.1, -0.05) is 23.9 Å². The maximum atomic E-state index is 11.5. The van der Waals surface area contributed by atoms with Crippen molar-refractivity contribution in [3.8, 4) is 22.8 Å². The van der Waals surface area contributed by atoms with Crippen LogP contribution in [0.3, 0.4) is 0 Å². The topological polar surface area (TPSA) is 137 Å². The van der Waals surface area contributed by atoms with E-state index in [9.17, 15) is 8.42 Å². The average Bonchev–Trinajstić information content (AvgIpc) is 2.96. The van der Waals surface area contributed by atoms with Crippen molar-refractivity contribution in [2.75, 3.05) is 12.5 Å². The molecule has 38 heavy (non-hydrogen) atoms. The standard InChI is InChI=1S/C13H10N4O2S.C13H10N4S/c1-20(18,19)13-15-6-4-10(17-13)11-7-9-3-2-5-14-12(9)8-16-11;1-18-13-15-6-4-10(17-13)11-7-9-3-2-5-14-12(9)8-16-11/h2-8H,1H3;2-8H,1H3. The highest BCUT2D eigenvalue weighted by Gasteiger charge is 2.13. The van der Waals surface area contributed by atoms with Gasteiger partial charge in [-0.25, -0.2) is 28.4 Å². The first kappa shape index (κ1) is 25.2. The summed E-state index contributed by atoms with van der Waals surface area (Å²) in [4.78, 5) is 33.5. The lowest BCUT2D eigenvalue weighted by atomic mass is 10.2. The largest absolute Gasteiger partial charge is 0.255 e. The second-order valence-corrected chi connectivity index (χ2v) is 10.6. The van der Waals surface area contributed by atoms with Crippen molar-refractivity contribution < 1.29 is 8.42 Å². The van der Waals surface area contributed by atoms with Crippen LogP contribution in [0, 0.1) is 0 Å². The first-order chi connectivity index (χ1) is 18.4. The smallest absolute Gasteiger partial charge is 0.247 e. The van der Waals surface area contributed by atoms with Crippen molar-refractivity contribution in [2.45, 2.75) is 10.3 Å². The summed E-state index contributed by atoms with van der Waals surface area (Å²) < 4.78 is 22.9. The van der Waals surface area contributed by atoms with Crippen LogP contribution in [0.5, 0.6) is 0 Å². The van der Waals surface area contributed by atoms with E-state index < -0.39 is 9.84 Å². The number of sulfone groups is 1. The van der Waals surface area contributed by atoms with Crippen LogP contribution >= 0.6 is 11.8 Å². The van der Waals surface area contributed by atoms with Crippen molar-refractivity contribution in [2.24, 2.45) is 0 Å². The molecule has 188 valence electrons. The van der Waals surface area contributed by atoms with E-state index in [1.165, 1.54) is 18.0 Å². The average molecular weight is 541 g/mol. The molecule has 6 aromatic heterocycles. The van der Waals surface area contributed by atoms with Gasteiger partial charge in [0.05, 0.1) is 46.2 Å². The summed E-state index contributed by atoms with van der Waals surface area (Å²) in [5.41, 5.74) is 4.38. The molecule has 0 N–H and O–H groups in total. The molecule has 0 radical (unpaired) electrons. The number of aromatic nitrogens is 8. The molecule has 10 nitrogen and oxygen atoms in total. The zero-order chi connectivity index (χ0) is 26.5. The number of nitrogens with zero attached hydrogens (tertiary/aromatic N) is 8. The molecule has 6 heterocycles. The summed E-state index contributed by atoms with van der Waals surface area (Å²) >= 11 is 1.52. The summed E-state index contributed by atoms with van der Waals surface area (Å²) in [6.07, 6.45) is 13.0. The Morgan fingerprint density at radius 1 is 0.632 bits per heavy atom. The molecule has 6 rings (SSSR count). The maximum absolute atomic E-state index is 11.5. The Labute approximate surface area is 222 Å². The van der Waals surface area contributed by atoms with Gasteiger partial charge in [0.1, 0.15) is 0 Å². The fourth-order valence-corrected chi connectivity index (χ4v) is 4.35. The van der Waals surface area contributed by atoms with E-state index in [-0.39, 0.29) is 5.16 Å². The molecular formula is C26H20N8O2S2. The van der Waals surface area contributed by atoms with Crippen molar-refractivity contribution >= 4 is 43.4 Å². The Morgan fingerprint density at radius 2 is 1.18 bits per heavy atom. The molecular weight excluding hydrogens is 520 g/mol. The van der Waals surface area contributed by atoms with E-state index in [0.717, 1.165) is 44.6 Å². The van der Waals surface area contributed by atoms with Gasteiger partial charge >= 0.3 is 0 Å². The third-order valence-electron chi connectivity index (χ3n) is 5.28. The number of hydrogen-bond acceptors (Lipinski definition) is 11. The lowest BCUT2D eigenvalue weighted by molar-refractivity contribution is 0.593. The minimum absolute atomic E-state index is 0.205. The van der Waals surface area contributed by atoms with Gasteiger partial charge in [0, 0.05) is 41.8 Å². The lowest BCUT2D eigenvalue weighted by Gasteiger charge is -2.03. The quantitative estimate of drug-likeness (QED) is 0.234. The lowest BCUT2D eigenvalue weighted by Crippen LogP contribution is -2.04. The van der Waals surface area contributed by atoms with E-state index in [0.29, 0.717) is 11.4 Å². The van der Waals surface area contributed by atoms with Crippen molar-refractivity contribution in [3.63, 3.8) is 0 Å². The van der Waals surface area contributed by atoms with Gasteiger partial charge in [0.15, 0.2) is 5.16 Å². The number of rotatable bonds is 4. The fourth-order valence-electron chi connectivity index (χ4n) is 3.47. The molecule has 0 fully saturated rings. The van der Waals surface area contributed by atoms with Crippen molar-refractivity contribution in [1.82, 2.24) is 39.9 Å². The van der Waals surface area contributed by atoms with E-state index in [4.69, 9.17) is 0 Å². The molecule has 0 saturated heterocycles. The Hall–Kier alpha value is -4.42. The molecule has 12 heteroatoms. The second kappa shape index (κ2) is 10.9. The number of thioether (sulfide) groups is 1. The molecule has 6 aromatic rings. The number of fused-ring (bicyclic) bond motifs is 2. The zero-order valence-electron chi connectivity index (χ0n) is 20.3. The molecule has 0 atom stereocenters. The fraction of sp³-hybridized carbons (Fsp3) is 0.0769. The van der Waals surface area contributed by atoms with Gasteiger partial charge in [-0.15, -0.1) is 0 Å². The van der Waals surface area contributed by atoms with E-state index in [1.807, 2.05) is 48.7 Å². The van der Waals surface area contributed by atoms with Gasteiger partial charge in [0.2, 0.25) is 15.0 Å². The Kier molecular flexibility index (Phi) is 7.24. The SMILES string of the molecule is CS(=O)(=O)c1nccc(-c2cc3cccnc3cn2)n1.CSc1nccc(-c2cc3cccnc3cn2)n1. The Morgan fingerprint density at radius 3 is 1.74 bits per heavy atom. The summed E-state index contributed by atoms with van der Waals surface area (Å²) in [5, 5.41) is 2.52. The number of pyridine rings is 4. The highest BCUT2D eigenvalue weighted by atomic mass is 32.2. The van der Waals surface area contributed by atoms with Crippen LogP contribution in [0.15, 0.2) is 96.0 Å². The van der Waals surface area contributed by atoms with Gasteiger partial charge < -0.3 is 0 Å². The monoisotopic (exact) mass is 540 g/mol. The predicted molar refractivity (Wildman–Crippen MR) is 146 cm³/mol. The van der Waals surface area contributed by atoms with E-state index in [2.05, 4.69) is 39.9 Å². The third-order valence-corrected chi connectivity index (χ3v) is 6.71. The minimum Gasteiger partial charge on any atom is -0.255 e. The third kappa shape index (κ3) is 5.76. The Balaban J connectivity index is 0.000000156. The zero-order valence-corrected chi connectivity index (χ0v) is 21.9. The molecule has 0 bridgehead atoms. The summed E-state index contributed by atoms with van der Waals surface area (Å²) in [5.74, 6) is 0. The van der Waals surface area contributed by atoms with Crippen molar-refractivity contribution in [1.29, 1.82) is 0 Å². The van der Waals surface area contributed by atoms with E-state index >= 15 is 0 Å². The second-order valence-electron chi connectivity index (χ2n) is 7.96. The molecule has 0 aliphatic carbocycles.